The Bertz CT molecular complexity index is 2490. The van der Waals surface area contributed by atoms with E-state index in [0.717, 1.165) is 38.2 Å². The minimum absolute atomic E-state index is 0.000920. The molecule has 0 aliphatic rings. The summed E-state index contributed by atoms with van der Waals surface area (Å²) in [5, 5.41) is 4.39. The molecule has 6 aromatic carbocycles. The number of hydrogen-bond acceptors (Lipinski definition) is 5. The lowest BCUT2D eigenvalue weighted by Crippen LogP contribution is -2.17. The Morgan fingerprint density at radius 3 is 1.19 bits per heavy atom. The predicted molar refractivity (Wildman–Crippen MR) is 249 cm³/mol. The van der Waals surface area contributed by atoms with Crippen LogP contribution < -0.4 is 13.6 Å². The van der Waals surface area contributed by atoms with E-state index in [1.165, 1.54) is 11.1 Å². The quantitative estimate of drug-likeness (QED) is 0.143. The summed E-state index contributed by atoms with van der Waals surface area (Å²) in [5.74, 6) is 1.85. The molecule has 0 unspecified atom stereocenters. The first-order valence-corrected chi connectivity index (χ1v) is 23.2. The zero-order valence-electron chi connectivity index (χ0n) is 37.8. The van der Waals surface area contributed by atoms with Gasteiger partial charge >= 0.3 is 8.60 Å². The van der Waals surface area contributed by atoms with Crippen LogP contribution in [0.25, 0.3) is 21.5 Å². The average molecular weight is 831 g/mol. The second-order valence-electron chi connectivity index (χ2n) is 21.0. The largest absolute Gasteiger partial charge is 0.530 e. The van der Waals surface area contributed by atoms with E-state index in [2.05, 4.69) is 165 Å². The van der Waals surface area contributed by atoms with Gasteiger partial charge in [0, 0.05) is 16.7 Å². The van der Waals surface area contributed by atoms with Crippen LogP contribution in [0.1, 0.15) is 132 Å². The van der Waals surface area contributed by atoms with Gasteiger partial charge in [-0.1, -0.05) is 158 Å². The van der Waals surface area contributed by atoms with E-state index in [0.29, 0.717) is 17.2 Å². The van der Waals surface area contributed by atoms with E-state index >= 15 is 0 Å². The van der Waals surface area contributed by atoms with E-state index in [-0.39, 0.29) is 31.5 Å². The minimum Gasteiger partial charge on any atom is -0.408 e. The van der Waals surface area contributed by atoms with Crippen molar-refractivity contribution in [2.24, 2.45) is 0 Å². The van der Waals surface area contributed by atoms with Crippen molar-refractivity contribution in [2.75, 3.05) is 0 Å². The summed E-state index contributed by atoms with van der Waals surface area (Å²) in [6.45, 7) is 32.7. The molecule has 6 rings (SSSR count). The van der Waals surface area contributed by atoms with Crippen molar-refractivity contribution in [3.63, 3.8) is 0 Å². The summed E-state index contributed by atoms with van der Waals surface area (Å²) in [6.07, 6.45) is 0. The van der Waals surface area contributed by atoms with Crippen LogP contribution in [0.2, 0.25) is 0 Å². The van der Waals surface area contributed by atoms with Crippen molar-refractivity contribution < 1.29 is 22.0 Å². The lowest BCUT2D eigenvalue weighted by molar-refractivity contribution is 0.373. The molecule has 5 nitrogen and oxygen atoms in total. The first kappa shape index (κ1) is 44.2. The maximum atomic E-state index is 13.9. The van der Waals surface area contributed by atoms with Crippen LogP contribution in [-0.2, 0) is 36.9 Å². The van der Waals surface area contributed by atoms with Gasteiger partial charge in [-0.25, -0.2) is 8.42 Å². The molecule has 0 spiro atoms. The summed E-state index contributed by atoms with van der Waals surface area (Å²) in [6, 6.07) is 35.6. The van der Waals surface area contributed by atoms with Gasteiger partial charge in [-0.05, 0) is 114 Å². The number of hydrogen-bond donors (Lipinski definition) is 0. The number of benzene rings is 6. The van der Waals surface area contributed by atoms with E-state index in [1.54, 1.807) is 42.5 Å². The molecule has 0 fully saturated rings. The highest BCUT2D eigenvalue weighted by Crippen LogP contribution is 2.51. The second kappa shape index (κ2) is 15.6. The average Bonchev–Trinajstić information content (AvgIpc) is 3.12. The van der Waals surface area contributed by atoms with Crippen LogP contribution >= 0.6 is 8.60 Å². The van der Waals surface area contributed by atoms with Crippen molar-refractivity contribution in [1.29, 1.82) is 0 Å². The van der Waals surface area contributed by atoms with Crippen molar-refractivity contribution in [2.45, 2.75) is 141 Å². The Kier molecular flexibility index (Phi) is 11.7. The summed E-state index contributed by atoms with van der Waals surface area (Å²) < 4.78 is 48.8. The SMILES string of the molecule is CC(C)(C)c1ccc2cc(OP(Oc3ccc(S(=O)(=O)c4ccccc4)cc3C(C)(C)C)Oc3cc4ccc(C(C)(C)C)cc4cc3C(C)(C)C)c(C(C)(C)C)cc2c1. The lowest BCUT2D eigenvalue weighted by atomic mass is 9.83. The van der Waals surface area contributed by atoms with Crippen LogP contribution in [-0.4, -0.2) is 8.42 Å². The standard InChI is InChI=1S/C52H63O5PS/c1-48(2,3)38-23-21-34-31-46(42(50(7,8)9)29-36(34)27-38)56-58(57-47-32-35-22-24-39(49(4,5)6)28-37(35)30-43(47)51(10,11)12)55-45-26-25-41(33-44(45)52(13,14)15)59(53,54)40-19-17-16-18-20-40/h16-33H,1-15H3. The molecular formula is C52H63O5PS. The topological polar surface area (TPSA) is 61.8 Å². The molecule has 0 bridgehead atoms. The molecule has 0 aliphatic heterocycles. The number of sulfone groups is 1. The highest BCUT2D eigenvalue weighted by molar-refractivity contribution is 7.91. The highest BCUT2D eigenvalue weighted by atomic mass is 32.2. The van der Waals surface area contributed by atoms with E-state index in [4.69, 9.17) is 13.6 Å². The molecule has 6 aromatic rings. The Hall–Kier alpha value is -4.38. The summed E-state index contributed by atoms with van der Waals surface area (Å²) in [4.78, 5) is 0.439. The fourth-order valence-electron chi connectivity index (χ4n) is 7.18. The summed E-state index contributed by atoms with van der Waals surface area (Å²) >= 11 is 0. The Morgan fingerprint density at radius 1 is 0.373 bits per heavy atom. The monoisotopic (exact) mass is 830 g/mol. The third kappa shape index (κ3) is 9.82. The summed E-state index contributed by atoms with van der Waals surface area (Å²) in [7, 11) is -5.96. The molecule has 0 radical (unpaired) electrons. The minimum atomic E-state index is -3.79. The predicted octanol–water partition coefficient (Wildman–Crippen LogP) is 15.1. The zero-order valence-corrected chi connectivity index (χ0v) is 39.5. The van der Waals surface area contributed by atoms with E-state index in [1.807, 2.05) is 6.07 Å². The van der Waals surface area contributed by atoms with Gasteiger partial charge in [0.25, 0.3) is 0 Å². The van der Waals surface area contributed by atoms with Gasteiger partial charge in [-0.2, -0.15) is 0 Å². The third-order valence-corrected chi connectivity index (χ3v) is 13.7. The number of fused-ring (bicyclic) bond motifs is 2. The van der Waals surface area contributed by atoms with Crippen LogP contribution in [0.5, 0.6) is 17.2 Å². The van der Waals surface area contributed by atoms with E-state index in [9.17, 15) is 8.42 Å². The smallest absolute Gasteiger partial charge is 0.408 e. The van der Waals surface area contributed by atoms with Crippen LogP contribution in [0.3, 0.4) is 0 Å². The second-order valence-corrected chi connectivity index (χ2v) is 24.0. The Balaban J connectivity index is 1.53. The molecule has 0 saturated heterocycles. The van der Waals surface area contributed by atoms with Gasteiger partial charge in [0.2, 0.25) is 9.84 Å². The molecule has 0 aromatic heterocycles. The molecule has 0 amide bonds. The molecule has 0 saturated carbocycles. The molecule has 0 N–H and O–H groups in total. The van der Waals surface area contributed by atoms with Gasteiger partial charge in [0.1, 0.15) is 17.2 Å². The van der Waals surface area contributed by atoms with E-state index < -0.39 is 23.9 Å². The fourth-order valence-corrected chi connectivity index (χ4v) is 9.55. The molecule has 0 aliphatic carbocycles. The van der Waals surface area contributed by atoms with Crippen molar-refractivity contribution in [3.05, 3.63) is 137 Å². The Morgan fingerprint density at radius 2 is 0.780 bits per heavy atom. The molecule has 312 valence electrons. The fraction of sp³-hybridized carbons (Fsp3) is 0.385. The van der Waals surface area contributed by atoms with Crippen molar-refractivity contribution >= 4 is 40.0 Å². The lowest BCUT2D eigenvalue weighted by Gasteiger charge is -2.29. The normalized spacial score (nSPS) is 13.3. The Labute approximate surface area is 355 Å². The molecule has 0 heterocycles. The first-order valence-electron chi connectivity index (χ1n) is 20.6. The van der Waals surface area contributed by atoms with Crippen LogP contribution in [0.4, 0.5) is 0 Å². The molecule has 7 heteroatoms. The zero-order chi connectivity index (χ0) is 43.5. The third-order valence-electron chi connectivity index (χ3n) is 10.9. The molecule has 59 heavy (non-hydrogen) atoms. The van der Waals surface area contributed by atoms with Gasteiger partial charge in [0.15, 0.2) is 0 Å². The van der Waals surface area contributed by atoms with Gasteiger partial charge in [0.05, 0.1) is 9.79 Å². The van der Waals surface area contributed by atoms with Crippen LogP contribution in [0.15, 0.2) is 119 Å². The summed E-state index contributed by atoms with van der Waals surface area (Å²) in [5.41, 5.74) is 4.26. The first-order chi connectivity index (χ1) is 27.1. The number of rotatable bonds is 8. The van der Waals surface area contributed by atoms with Crippen molar-refractivity contribution in [1.82, 2.24) is 0 Å². The van der Waals surface area contributed by atoms with Gasteiger partial charge in [-0.3, -0.25) is 0 Å². The highest BCUT2D eigenvalue weighted by Gasteiger charge is 2.32. The maximum Gasteiger partial charge on any atom is 0.530 e. The molecule has 0 atom stereocenters. The van der Waals surface area contributed by atoms with Gasteiger partial charge < -0.3 is 13.6 Å². The maximum absolute atomic E-state index is 13.9. The van der Waals surface area contributed by atoms with Crippen molar-refractivity contribution in [3.8, 4) is 17.2 Å². The van der Waals surface area contributed by atoms with Gasteiger partial charge in [-0.15, -0.1) is 0 Å². The molecular weight excluding hydrogens is 768 g/mol. The van der Waals surface area contributed by atoms with Crippen LogP contribution in [0, 0.1) is 0 Å².